The first-order valence-corrected chi connectivity index (χ1v) is 8.47. The SMILES string of the molecule is Cl.O=C(C1COCCN1)N1CCC(CCc2ccccc2)CC1. The lowest BCUT2D eigenvalue weighted by Crippen LogP contribution is -2.54. The topological polar surface area (TPSA) is 41.6 Å². The maximum atomic E-state index is 12.4. The second-order valence-corrected chi connectivity index (χ2v) is 6.37. The van der Waals surface area contributed by atoms with E-state index in [0.717, 1.165) is 44.8 Å². The molecule has 1 aromatic carbocycles. The van der Waals surface area contributed by atoms with Gasteiger partial charge in [-0.05, 0) is 37.2 Å². The van der Waals surface area contributed by atoms with Gasteiger partial charge in [0.25, 0.3) is 0 Å². The number of piperidine rings is 1. The molecule has 0 aromatic heterocycles. The highest BCUT2D eigenvalue weighted by Gasteiger charge is 2.29. The summed E-state index contributed by atoms with van der Waals surface area (Å²) in [7, 11) is 0. The van der Waals surface area contributed by atoms with Gasteiger partial charge in [-0.2, -0.15) is 0 Å². The van der Waals surface area contributed by atoms with Crippen LogP contribution in [0.2, 0.25) is 0 Å². The summed E-state index contributed by atoms with van der Waals surface area (Å²) in [5.41, 5.74) is 1.42. The first-order valence-electron chi connectivity index (χ1n) is 8.47. The molecule has 2 aliphatic rings. The zero-order valence-corrected chi connectivity index (χ0v) is 14.4. The number of amides is 1. The van der Waals surface area contributed by atoms with Crippen LogP contribution in [-0.2, 0) is 16.0 Å². The summed E-state index contributed by atoms with van der Waals surface area (Å²) < 4.78 is 5.39. The van der Waals surface area contributed by atoms with Gasteiger partial charge in [0.2, 0.25) is 5.91 Å². The molecule has 1 aromatic rings. The number of benzene rings is 1. The highest BCUT2D eigenvalue weighted by molar-refractivity contribution is 5.85. The second kappa shape index (κ2) is 9.26. The number of carbonyl (C=O) groups is 1. The van der Waals surface area contributed by atoms with E-state index in [9.17, 15) is 4.79 Å². The Bertz CT molecular complexity index is 469. The van der Waals surface area contributed by atoms with Gasteiger partial charge in [0.1, 0.15) is 6.04 Å². The molecule has 128 valence electrons. The lowest BCUT2D eigenvalue weighted by molar-refractivity contribution is -0.137. The van der Waals surface area contributed by atoms with E-state index < -0.39 is 0 Å². The van der Waals surface area contributed by atoms with Crippen LogP contribution in [0.5, 0.6) is 0 Å². The molecule has 23 heavy (non-hydrogen) atoms. The molecule has 2 aliphatic heterocycles. The number of aryl methyl sites for hydroxylation is 1. The van der Waals surface area contributed by atoms with Gasteiger partial charge in [0, 0.05) is 19.6 Å². The first-order chi connectivity index (χ1) is 10.8. The minimum absolute atomic E-state index is 0. The van der Waals surface area contributed by atoms with Gasteiger partial charge in [-0.15, -0.1) is 12.4 Å². The zero-order valence-electron chi connectivity index (χ0n) is 13.6. The Kier molecular flexibility index (Phi) is 7.34. The molecule has 0 bridgehead atoms. The van der Waals surface area contributed by atoms with E-state index in [4.69, 9.17) is 4.74 Å². The monoisotopic (exact) mass is 338 g/mol. The van der Waals surface area contributed by atoms with Crippen molar-refractivity contribution in [1.29, 1.82) is 0 Å². The Morgan fingerprint density at radius 2 is 1.96 bits per heavy atom. The first kappa shape index (κ1) is 18.2. The van der Waals surface area contributed by atoms with Crippen LogP contribution in [0, 0.1) is 5.92 Å². The molecule has 3 rings (SSSR count). The number of likely N-dealkylation sites (tertiary alicyclic amines) is 1. The Hall–Kier alpha value is -1.10. The molecule has 0 radical (unpaired) electrons. The number of ether oxygens (including phenoxy) is 1. The van der Waals surface area contributed by atoms with E-state index in [1.807, 2.05) is 4.90 Å². The fourth-order valence-electron chi connectivity index (χ4n) is 3.40. The molecule has 2 saturated heterocycles. The van der Waals surface area contributed by atoms with Crippen LogP contribution in [0.4, 0.5) is 0 Å². The van der Waals surface area contributed by atoms with E-state index in [2.05, 4.69) is 35.6 Å². The van der Waals surface area contributed by atoms with Gasteiger partial charge >= 0.3 is 0 Å². The van der Waals surface area contributed by atoms with Gasteiger partial charge in [-0.1, -0.05) is 30.3 Å². The van der Waals surface area contributed by atoms with Crippen molar-refractivity contribution in [2.75, 3.05) is 32.8 Å². The normalized spacial score (nSPS) is 22.4. The third-order valence-electron chi connectivity index (χ3n) is 4.83. The number of morpholine rings is 1. The van der Waals surface area contributed by atoms with Gasteiger partial charge in [-0.3, -0.25) is 4.79 Å². The molecule has 5 heteroatoms. The number of halogens is 1. The molecule has 0 aliphatic carbocycles. The summed E-state index contributed by atoms with van der Waals surface area (Å²) in [4.78, 5) is 14.4. The maximum Gasteiger partial charge on any atom is 0.242 e. The number of carbonyl (C=O) groups excluding carboxylic acids is 1. The molecule has 0 spiro atoms. The van der Waals surface area contributed by atoms with Gasteiger partial charge < -0.3 is 15.0 Å². The summed E-state index contributed by atoms with van der Waals surface area (Å²) >= 11 is 0. The third-order valence-corrected chi connectivity index (χ3v) is 4.83. The minimum atomic E-state index is -0.130. The molecular weight excluding hydrogens is 312 g/mol. The Morgan fingerprint density at radius 1 is 1.22 bits per heavy atom. The van der Waals surface area contributed by atoms with Crippen LogP contribution >= 0.6 is 12.4 Å². The average molecular weight is 339 g/mol. The Balaban J connectivity index is 0.00000192. The van der Waals surface area contributed by atoms with Crippen LogP contribution in [0.25, 0.3) is 0 Å². The second-order valence-electron chi connectivity index (χ2n) is 6.37. The fraction of sp³-hybridized carbons (Fsp3) is 0.611. The summed E-state index contributed by atoms with van der Waals surface area (Å²) in [6.45, 7) is 3.81. The highest BCUT2D eigenvalue weighted by Crippen LogP contribution is 2.23. The summed E-state index contributed by atoms with van der Waals surface area (Å²) in [6.07, 6.45) is 4.65. The van der Waals surface area contributed by atoms with Crippen molar-refractivity contribution in [3.05, 3.63) is 35.9 Å². The van der Waals surface area contributed by atoms with Crippen LogP contribution in [0.15, 0.2) is 30.3 Å². The van der Waals surface area contributed by atoms with E-state index >= 15 is 0 Å². The van der Waals surface area contributed by atoms with Crippen LogP contribution in [0.1, 0.15) is 24.8 Å². The molecule has 1 N–H and O–H groups in total. The third kappa shape index (κ3) is 5.20. The van der Waals surface area contributed by atoms with Crippen molar-refractivity contribution in [2.24, 2.45) is 5.92 Å². The molecule has 1 amide bonds. The summed E-state index contributed by atoms with van der Waals surface area (Å²) in [5.74, 6) is 0.973. The lowest BCUT2D eigenvalue weighted by Gasteiger charge is -2.35. The number of hydrogen-bond acceptors (Lipinski definition) is 3. The van der Waals surface area contributed by atoms with Crippen molar-refractivity contribution >= 4 is 18.3 Å². The lowest BCUT2D eigenvalue weighted by atomic mass is 9.90. The number of hydrogen-bond donors (Lipinski definition) is 1. The van der Waals surface area contributed by atoms with E-state index in [-0.39, 0.29) is 24.4 Å². The molecule has 1 unspecified atom stereocenters. The maximum absolute atomic E-state index is 12.4. The predicted molar refractivity (Wildman–Crippen MR) is 93.9 cm³/mol. The molecule has 2 fully saturated rings. The number of nitrogens with zero attached hydrogens (tertiary/aromatic N) is 1. The van der Waals surface area contributed by atoms with Gasteiger partial charge in [0.15, 0.2) is 0 Å². The smallest absolute Gasteiger partial charge is 0.242 e. The van der Waals surface area contributed by atoms with Crippen molar-refractivity contribution < 1.29 is 9.53 Å². The zero-order chi connectivity index (χ0) is 15.2. The van der Waals surface area contributed by atoms with Crippen molar-refractivity contribution in [3.63, 3.8) is 0 Å². The predicted octanol–water partition coefficient (Wildman–Crippen LogP) is 2.27. The standard InChI is InChI=1S/C18H26N2O2.ClH/c21-18(17-14-22-13-10-19-17)20-11-8-16(9-12-20)7-6-15-4-2-1-3-5-15;/h1-5,16-17,19H,6-14H2;1H. The van der Waals surface area contributed by atoms with E-state index in [1.165, 1.54) is 12.0 Å². The van der Waals surface area contributed by atoms with Gasteiger partial charge in [0.05, 0.1) is 13.2 Å². The molecule has 1 atom stereocenters. The molecule has 4 nitrogen and oxygen atoms in total. The summed E-state index contributed by atoms with van der Waals surface area (Å²) in [5, 5.41) is 3.26. The average Bonchev–Trinajstić information content (AvgIpc) is 2.61. The van der Waals surface area contributed by atoms with Crippen molar-refractivity contribution in [1.82, 2.24) is 10.2 Å². The van der Waals surface area contributed by atoms with Crippen molar-refractivity contribution in [3.8, 4) is 0 Å². The largest absolute Gasteiger partial charge is 0.378 e. The fourth-order valence-corrected chi connectivity index (χ4v) is 3.40. The molecule has 2 heterocycles. The van der Waals surface area contributed by atoms with Crippen LogP contribution in [-0.4, -0.2) is 49.7 Å². The number of rotatable bonds is 4. The Labute approximate surface area is 145 Å². The molecular formula is C18H27ClN2O2. The van der Waals surface area contributed by atoms with Gasteiger partial charge in [-0.25, -0.2) is 0 Å². The molecule has 0 saturated carbocycles. The summed E-state index contributed by atoms with van der Waals surface area (Å²) in [6, 6.07) is 10.6. The van der Waals surface area contributed by atoms with Crippen LogP contribution < -0.4 is 5.32 Å². The van der Waals surface area contributed by atoms with Crippen molar-refractivity contribution in [2.45, 2.75) is 31.7 Å². The minimum Gasteiger partial charge on any atom is -0.378 e. The highest BCUT2D eigenvalue weighted by atomic mass is 35.5. The number of nitrogens with one attached hydrogen (secondary N) is 1. The van der Waals surface area contributed by atoms with Crippen LogP contribution in [0.3, 0.4) is 0 Å². The quantitative estimate of drug-likeness (QED) is 0.915. The Morgan fingerprint density at radius 3 is 2.61 bits per heavy atom. The van der Waals surface area contributed by atoms with E-state index in [1.54, 1.807) is 0 Å². The van der Waals surface area contributed by atoms with E-state index in [0.29, 0.717) is 13.2 Å².